The molecule has 7 nitrogen and oxygen atoms in total. The van der Waals surface area contributed by atoms with Gasteiger partial charge in [-0.2, -0.15) is 0 Å². The molecule has 19 heavy (non-hydrogen) atoms. The Bertz CT molecular complexity index is 649. The molecule has 1 atom stereocenters. The first-order valence-corrected chi connectivity index (χ1v) is 8.32. The summed E-state index contributed by atoms with van der Waals surface area (Å²) in [6.07, 6.45) is 1.33. The summed E-state index contributed by atoms with van der Waals surface area (Å²) in [6.45, 7) is -0.0292. The number of anilines is 2. The zero-order chi connectivity index (χ0) is 14.4. The maximum absolute atomic E-state index is 11.9. The third kappa shape index (κ3) is 2.76. The third-order valence-corrected chi connectivity index (χ3v) is 5.28. The topological polar surface area (TPSA) is 119 Å². The number of nitrogens with two attached hydrogens (primary N) is 2. The molecule has 1 amide bonds. The van der Waals surface area contributed by atoms with Crippen LogP contribution in [-0.2, 0) is 14.8 Å². The molecule has 1 aromatic heterocycles. The molecule has 0 saturated carbocycles. The second kappa shape index (κ2) is 5.00. The average molecular weight is 414 g/mol. The summed E-state index contributed by atoms with van der Waals surface area (Å²) in [7, 11) is -3.76. The molecule has 2 rings (SSSR count). The van der Waals surface area contributed by atoms with Crippen molar-refractivity contribution in [1.29, 1.82) is 0 Å². The number of halogens is 2. The van der Waals surface area contributed by atoms with Crippen LogP contribution in [0.2, 0.25) is 0 Å². The SMILES string of the molecule is Nc1c(Br)cnc(Br)c1N1CC(S(N)(=O)=O)CC1=O. The first-order valence-electron chi connectivity index (χ1n) is 5.13. The Balaban J connectivity index is 2.45. The normalized spacial score (nSPS) is 20.1. The molecular formula is C9H10Br2N4O3S. The van der Waals surface area contributed by atoms with Crippen molar-refractivity contribution in [3.8, 4) is 0 Å². The van der Waals surface area contributed by atoms with E-state index in [2.05, 4.69) is 36.8 Å². The highest BCUT2D eigenvalue weighted by Crippen LogP contribution is 2.38. The summed E-state index contributed by atoms with van der Waals surface area (Å²) in [5, 5.41) is 4.15. The Hall–Kier alpha value is -0.710. The molecule has 1 aliphatic heterocycles. The monoisotopic (exact) mass is 412 g/mol. The number of hydrogen-bond acceptors (Lipinski definition) is 5. The lowest BCUT2D eigenvalue weighted by atomic mass is 10.3. The van der Waals surface area contributed by atoms with Crippen molar-refractivity contribution >= 4 is 59.2 Å². The average Bonchev–Trinajstić information content (AvgIpc) is 2.67. The summed E-state index contributed by atoms with van der Waals surface area (Å²) in [6, 6.07) is 0. The number of carbonyl (C=O) groups excluding carboxylic acids is 1. The van der Waals surface area contributed by atoms with E-state index in [1.807, 2.05) is 0 Å². The Labute approximate surface area is 126 Å². The Morgan fingerprint density at radius 2 is 2.05 bits per heavy atom. The lowest BCUT2D eigenvalue weighted by Gasteiger charge is -2.20. The molecule has 10 heteroatoms. The zero-order valence-corrected chi connectivity index (χ0v) is 13.5. The van der Waals surface area contributed by atoms with Crippen LogP contribution in [0.3, 0.4) is 0 Å². The first-order chi connectivity index (χ1) is 8.71. The molecule has 0 spiro atoms. The van der Waals surface area contributed by atoms with E-state index in [0.717, 1.165) is 0 Å². The highest BCUT2D eigenvalue weighted by molar-refractivity contribution is 9.11. The van der Waals surface area contributed by atoms with E-state index in [-0.39, 0.29) is 18.9 Å². The van der Waals surface area contributed by atoms with Gasteiger partial charge in [0.2, 0.25) is 15.9 Å². The van der Waals surface area contributed by atoms with Crippen LogP contribution in [0.1, 0.15) is 6.42 Å². The van der Waals surface area contributed by atoms with Crippen LogP contribution >= 0.6 is 31.9 Å². The summed E-state index contributed by atoms with van der Waals surface area (Å²) in [4.78, 5) is 17.2. The predicted octanol–water partition coefficient (Wildman–Crippen LogP) is 0.583. The van der Waals surface area contributed by atoms with Gasteiger partial charge in [-0.3, -0.25) is 4.79 Å². The van der Waals surface area contributed by atoms with Gasteiger partial charge in [-0.1, -0.05) is 0 Å². The Morgan fingerprint density at radius 1 is 1.42 bits per heavy atom. The maximum Gasteiger partial charge on any atom is 0.228 e. The van der Waals surface area contributed by atoms with E-state index in [1.54, 1.807) is 0 Å². The molecule has 2 heterocycles. The minimum atomic E-state index is -3.76. The lowest BCUT2D eigenvalue weighted by molar-refractivity contribution is -0.117. The van der Waals surface area contributed by atoms with Gasteiger partial charge in [0.15, 0.2) is 0 Å². The van der Waals surface area contributed by atoms with Crippen LogP contribution in [0.4, 0.5) is 11.4 Å². The van der Waals surface area contributed by atoms with Gasteiger partial charge in [-0.25, -0.2) is 18.5 Å². The van der Waals surface area contributed by atoms with Crippen LogP contribution < -0.4 is 15.8 Å². The summed E-state index contributed by atoms with van der Waals surface area (Å²) in [5.74, 6) is -0.355. The largest absolute Gasteiger partial charge is 0.396 e. The second-order valence-corrected chi connectivity index (χ2v) is 7.53. The highest BCUT2D eigenvalue weighted by atomic mass is 79.9. The van der Waals surface area contributed by atoms with Crippen LogP contribution in [0.5, 0.6) is 0 Å². The summed E-state index contributed by atoms with van der Waals surface area (Å²) < 4.78 is 23.5. The zero-order valence-electron chi connectivity index (χ0n) is 9.51. The number of nitrogens with zero attached hydrogens (tertiary/aromatic N) is 2. The van der Waals surface area contributed by atoms with Crippen LogP contribution in [0, 0.1) is 0 Å². The number of hydrogen-bond donors (Lipinski definition) is 2. The van der Waals surface area contributed by atoms with E-state index in [4.69, 9.17) is 10.9 Å². The van der Waals surface area contributed by atoms with Gasteiger partial charge in [0.1, 0.15) is 15.5 Å². The molecule has 0 aromatic carbocycles. The van der Waals surface area contributed by atoms with Gasteiger partial charge < -0.3 is 10.6 Å². The van der Waals surface area contributed by atoms with E-state index in [0.29, 0.717) is 20.5 Å². The predicted molar refractivity (Wildman–Crippen MR) is 77.9 cm³/mol. The number of sulfonamides is 1. The molecule has 0 bridgehead atoms. The van der Waals surface area contributed by atoms with E-state index in [9.17, 15) is 13.2 Å². The van der Waals surface area contributed by atoms with Gasteiger partial charge in [0.05, 0.1) is 10.2 Å². The van der Waals surface area contributed by atoms with E-state index in [1.165, 1.54) is 11.1 Å². The lowest BCUT2D eigenvalue weighted by Crippen LogP contribution is -2.32. The number of aromatic nitrogens is 1. The van der Waals surface area contributed by atoms with Crippen molar-refractivity contribution in [1.82, 2.24) is 4.98 Å². The number of pyridine rings is 1. The number of rotatable bonds is 2. The molecule has 0 radical (unpaired) electrons. The van der Waals surface area contributed by atoms with Crippen molar-refractivity contribution in [3.63, 3.8) is 0 Å². The number of primary sulfonamides is 1. The standard InChI is InChI=1S/C9H10Br2N4O3S/c10-5-2-14-9(11)8(7(5)12)15-3-4(1-6(15)16)19(13,17)18/h2,4H,1,3H2,(H2,12,14)(H2,13,17,18). The highest BCUT2D eigenvalue weighted by Gasteiger charge is 2.39. The fourth-order valence-corrected chi connectivity index (χ4v) is 3.39. The van der Waals surface area contributed by atoms with Gasteiger partial charge in [0.25, 0.3) is 0 Å². The molecule has 104 valence electrons. The van der Waals surface area contributed by atoms with Crippen molar-refractivity contribution < 1.29 is 13.2 Å². The Kier molecular flexibility index (Phi) is 3.87. The molecule has 1 fully saturated rings. The van der Waals surface area contributed by atoms with Crippen molar-refractivity contribution in [2.24, 2.45) is 5.14 Å². The first kappa shape index (κ1) is 14.7. The van der Waals surface area contributed by atoms with E-state index >= 15 is 0 Å². The second-order valence-electron chi connectivity index (χ2n) is 4.08. The Morgan fingerprint density at radius 3 is 2.58 bits per heavy atom. The van der Waals surface area contributed by atoms with Crippen LogP contribution in [-0.4, -0.2) is 31.1 Å². The number of carbonyl (C=O) groups is 1. The molecular weight excluding hydrogens is 404 g/mol. The quantitative estimate of drug-likeness (QED) is 0.687. The smallest absolute Gasteiger partial charge is 0.228 e. The number of nitrogen functional groups attached to an aromatic ring is 1. The summed E-state index contributed by atoms with van der Waals surface area (Å²) in [5.41, 5.74) is 6.55. The van der Waals surface area contributed by atoms with Crippen molar-refractivity contribution in [2.45, 2.75) is 11.7 Å². The maximum atomic E-state index is 11.9. The van der Waals surface area contributed by atoms with Crippen LogP contribution in [0.25, 0.3) is 0 Å². The molecule has 1 saturated heterocycles. The van der Waals surface area contributed by atoms with Crippen molar-refractivity contribution in [3.05, 3.63) is 15.3 Å². The van der Waals surface area contributed by atoms with Gasteiger partial charge in [-0.15, -0.1) is 0 Å². The van der Waals surface area contributed by atoms with Gasteiger partial charge in [0, 0.05) is 19.2 Å². The fraction of sp³-hybridized carbons (Fsp3) is 0.333. The number of amides is 1. The fourth-order valence-electron chi connectivity index (χ4n) is 1.84. The molecule has 0 aliphatic carbocycles. The van der Waals surface area contributed by atoms with E-state index < -0.39 is 15.3 Å². The molecule has 4 N–H and O–H groups in total. The minimum Gasteiger partial charge on any atom is -0.396 e. The third-order valence-electron chi connectivity index (χ3n) is 2.82. The molecule has 1 aliphatic rings. The van der Waals surface area contributed by atoms with Gasteiger partial charge >= 0.3 is 0 Å². The van der Waals surface area contributed by atoms with Crippen LogP contribution in [0.15, 0.2) is 15.3 Å². The molecule has 1 unspecified atom stereocenters. The van der Waals surface area contributed by atoms with Gasteiger partial charge in [-0.05, 0) is 31.9 Å². The minimum absolute atomic E-state index is 0.0292. The summed E-state index contributed by atoms with van der Waals surface area (Å²) >= 11 is 6.42. The van der Waals surface area contributed by atoms with Crippen molar-refractivity contribution in [2.75, 3.05) is 17.2 Å². The molecule has 1 aromatic rings.